The van der Waals surface area contributed by atoms with Crippen LogP contribution < -0.4 is 27.1 Å². The van der Waals surface area contributed by atoms with Crippen molar-refractivity contribution in [2.45, 2.75) is 38.0 Å². The van der Waals surface area contributed by atoms with E-state index in [1.165, 1.54) is 31.6 Å². The lowest BCUT2D eigenvalue weighted by atomic mass is 10.1. The zero-order chi connectivity index (χ0) is 49.5. The van der Waals surface area contributed by atoms with E-state index in [0.717, 1.165) is 27.3 Å². The third-order valence-corrected chi connectivity index (χ3v) is 9.80. The summed E-state index contributed by atoms with van der Waals surface area (Å²) < 4.78 is 52.6. The zero-order valence-electron chi connectivity index (χ0n) is 35.7. The van der Waals surface area contributed by atoms with Crippen LogP contribution in [-0.2, 0) is 35.8 Å². The Morgan fingerprint density at radius 1 is 0.687 bits per heavy atom. The van der Waals surface area contributed by atoms with Crippen molar-refractivity contribution in [1.29, 1.82) is 0 Å². The number of aliphatic carboxylic acids is 1. The highest BCUT2D eigenvalue weighted by Gasteiger charge is 2.32. The Hall–Kier alpha value is -6.78. The number of rotatable bonds is 16. The van der Waals surface area contributed by atoms with E-state index in [2.05, 4.69) is 25.9 Å². The number of benzene rings is 2. The largest absolute Gasteiger partial charge is 0.480 e. The van der Waals surface area contributed by atoms with Gasteiger partial charge in [0.05, 0.1) is 13.1 Å². The van der Waals surface area contributed by atoms with E-state index in [4.69, 9.17) is 38.5 Å². The fraction of sp³-hybridized carbons (Fsp3) is 0.273. The maximum Gasteiger partial charge on any atom is 0.323 e. The maximum absolute atomic E-state index is 13.5. The minimum absolute atomic E-state index is 0.132. The Morgan fingerprint density at radius 2 is 1.10 bits per heavy atom. The first-order valence-corrected chi connectivity index (χ1v) is 20.5. The number of likely N-dealkylation sites (N-methyl/N-ethyl adjacent to an activating group) is 1. The molecule has 0 aliphatic carbocycles. The van der Waals surface area contributed by atoms with E-state index in [9.17, 15) is 46.3 Å². The molecule has 0 atom stereocenters. The molecule has 6 N–H and O–H groups in total. The highest BCUT2D eigenvalue weighted by Crippen LogP contribution is 2.17. The smallest absolute Gasteiger partial charge is 0.323 e. The number of halogens is 6. The summed E-state index contributed by atoms with van der Waals surface area (Å²) in [4.78, 5) is 83.4. The third-order valence-electron chi connectivity index (χ3n) is 9.30. The van der Waals surface area contributed by atoms with Gasteiger partial charge in [0, 0.05) is 53.3 Å². The molecule has 0 fully saturated rings. The van der Waals surface area contributed by atoms with Crippen LogP contribution in [0.1, 0.15) is 31.8 Å². The predicted molar refractivity (Wildman–Crippen MR) is 241 cm³/mol. The van der Waals surface area contributed by atoms with Gasteiger partial charge >= 0.3 is 5.97 Å². The second kappa shape index (κ2) is 24.1. The summed E-state index contributed by atoms with van der Waals surface area (Å²) in [6.07, 6.45) is 2.87. The van der Waals surface area contributed by atoms with Gasteiger partial charge in [0.2, 0.25) is 5.91 Å². The summed E-state index contributed by atoms with van der Waals surface area (Å²) >= 11 is 11.7. The number of nitrogens with zero attached hydrogens (tertiary/aromatic N) is 5. The van der Waals surface area contributed by atoms with Gasteiger partial charge in [-0.05, 0) is 78.8 Å². The number of alkyl halides is 4. The predicted octanol–water partition coefficient (Wildman–Crippen LogP) is 3.96. The van der Waals surface area contributed by atoms with Crippen LogP contribution in [0.15, 0.2) is 107 Å². The maximum atomic E-state index is 13.5. The molecule has 356 valence electrons. The summed E-state index contributed by atoms with van der Waals surface area (Å²) in [6.45, 7) is -4.84. The van der Waals surface area contributed by atoms with Gasteiger partial charge in [0.1, 0.15) is 48.7 Å². The minimum atomic E-state index is -3.49. The number of carbonyl (C=O) groups is 4. The van der Waals surface area contributed by atoms with Crippen molar-refractivity contribution in [3.05, 3.63) is 150 Å². The van der Waals surface area contributed by atoms with Crippen LogP contribution in [0.2, 0.25) is 10.0 Å². The molecular weight excluding hydrogens is 931 g/mol. The van der Waals surface area contributed by atoms with Crippen LogP contribution in [0.3, 0.4) is 0 Å². The molecule has 4 aromatic heterocycles. The van der Waals surface area contributed by atoms with E-state index in [1.807, 2.05) is 0 Å². The molecule has 3 amide bonds. The fourth-order valence-corrected chi connectivity index (χ4v) is 6.23. The summed E-state index contributed by atoms with van der Waals surface area (Å²) in [5, 5.41) is 35.3. The van der Waals surface area contributed by atoms with Crippen LogP contribution in [0, 0.1) is 0 Å². The van der Waals surface area contributed by atoms with Crippen molar-refractivity contribution >= 4 is 69.0 Å². The molecule has 4 heterocycles. The SMILES string of the molecule is CN(CC(F)(F)CO)C(=O)Cn1c(=O)c(C(=O)NCc2ccc(Cl)cc2)cc2cccnc21.CNCC(F)(F)CO.O=C(O)Cn1c(=O)c(C(=O)NCc2ccc(Cl)cc2)cc2cccnc21. The highest BCUT2D eigenvalue weighted by atomic mass is 35.5. The van der Waals surface area contributed by atoms with Crippen molar-refractivity contribution in [2.75, 3.05) is 40.4 Å². The number of amides is 3. The van der Waals surface area contributed by atoms with Gasteiger partial charge < -0.3 is 36.2 Å². The number of aliphatic hydroxyl groups excluding tert-OH is 2. The minimum Gasteiger partial charge on any atom is -0.480 e. The van der Waals surface area contributed by atoms with Gasteiger partial charge in [-0.1, -0.05) is 47.5 Å². The Kier molecular flexibility index (Phi) is 19.0. The lowest BCUT2D eigenvalue weighted by Crippen LogP contribution is -2.43. The highest BCUT2D eigenvalue weighted by molar-refractivity contribution is 6.30. The Bertz CT molecular complexity index is 2810. The van der Waals surface area contributed by atoms with Crippen molar-refractivity contribution in [3.8, 4) is 0 Å². The van der Waals surface area contributed by atoms with E-state index in [1.54, 1.807) is 72.8 Å². The van der Waals surface area contributed by atoms with E-state index in [0.29, 0.717) is 25.7 Å². The monoisotopic (exact) mass is 974 g/mol. The second-order valence-corrected chi connectivity index (χ2v) is 15.4. The Morgan fingerprint density at radius 3 is 1.48 bits per heavy atom. The molecule has 0 aliphatic heterocycles. The van der Waals surface area contributed by atoms with Crippen molar-refractivity contribution in [3.63, 3.8) is 0 Å². The number of aromatic nitrogens is 4. The van der Waals surface area contributed by atoms with E-state index >= 15 is 0 Å². The third kappa shape index (κ3) is 15.4. The van der Waals surface area contributed by atoms with Crippen LogP contribution in [0.4, 0.5) is 17.6 Å². The van der Waals surface area contributed by atoms with Gasteiger partial charge in [-0.2, -0.15) is 0 Å². The number of hydrogen-bond acceptors (Lipinski definition) is 11. The molecule has 2 aromatic carbocycles. The van der Waals surface area contributed by atoms with Gasteiger partial charge in [-0.25, -0.2) is 27.5 Å². The van der Waals surface area contributed by atoms with Gasteiger partial charge in [-0.15, -0.1) is 0 Å². The number of pyridine rings is 4. The Labute approximate surface area is 388 Å². The molecule has 0 aliphatic rings. The average molecular weight is 976 g/mol. The topological polar surface area (TPSA) is 238 Å². The van der Waals surface area contributed by atoms with Crippen LogP contribution in [-0.4, -0.2) is 115 Å². The van der Waals surface area contributed by atoms with E-state index in [-0.39, 0.29) is 35.5 Å². The summed E-state index contributed by atoms with van der Waals surface area (Å²) in [7, 11) is 2.54. The average Bonchev–Trinajstić information content (AvgIpc) is 3.30. The molecule has 0 saturated carbocycles. The summed E-state index contributed by atoms with van der Waals surface area (Å²) in [5.74, 6) is -9.71. The number of carboxylic acid groups (broad SMARTS) is 1. The first-order valence-electron chi connectivity index (χ1n) is 19.8. The molecule has 6 rings (SSSR count). The van der Waals surface area contributed by atoms with Gasteiger partial charge in [0.15, 0.2) is 0 Å². The first-order chi connectivity index (χ1) is 31.7. The standard InChI is InChI=1S/C22H21ClF2N4O4.C18H14ClN3O4.C4H9F2NO/c1-28(12-22(24,25)13-30)18(31)11-29-19-15(3-2-8-26-19)9-17(21(29)33)20(32)27-10-14-4-6-16(23)7-5-14;19-13-5-3-11(4-6-13)9-21-17(25)14-8-12-2-1-7-20-16(12)22(18(14)26)10-15(23)24;1-7-2-4(5,6)3-8/h2-9,30H,10-13H2,1H3,(H,27,32);1-8H,9-10H2,(H,21,25)(H,23,24);7-8H,2-3H2,1H3. The molecule has 0 spiro atoms. The molecule has 67 heavy (non-hydrogen) atoms. The number of carbonyl (C=O) groups excluding carboxylic acids is 3. The van der Waals surface area contributed by atoms with Gasteiger partial charge in [-0.3, -0.25) is 37.9 Å². The summed E-state index contributed by atoms with van der Waals surface area (Å²) in [6, 6.07) is 23.0. The molecule has 0 saturated heterocycles. The van der Waals surface area contributed by atoms with Crippen LogP contribution in [0.5, 0.6) is 0 Å². The molecular formula is C44H44Cl2F4N8O9. The molecule has 6 aromatic rings. The zero-order valence-corrected chi connectivity index (χ0v) is 37.2. The number of aliphatic hydroxyl groups is 2. The van der Waals surface area contributed by atoms with Crippen molar-refractivity contribution in [2.24, 2.45) is 0 Å². The normalized spacial score (nSPS) is 11.2. The fourth-order valence-electron chi connectivity index (χ4n) is 5.98. The lowest BCUT2D eigenvalue weighted by Gasteiger charge is -2.23. The summed E-state index contributed by atoms with van der Waals surface area (Å²) in [5.41, 5.74) is 0.0776. The first kappa shape index (κ1) is 52.8. The number of hydrogen-bond donors (Lipinski definition) is 6. The van der Waals surface area contributed by atoms with Gasteiger partial charge in [0.25, 0.3) is 34.8 Å². The van der Waals surface area contributed by atoms with Crippen molar-refractivity contribution < 1.29 is 52.1 Å². The molecule has 0 bridgehead atoms. The number of nitrogens with one attached hydrogen (secondary N) is 3. The lowest BCUT2D eigenvalue weighted by molar-refractivity contribution is -0.138. The molecule has 23 heteroatoms. The van der Waals surface area contributed by atoms with Crippen LogP contribution in [0.25, 0.3) is 22.1 Å². The Balaban J connectivity index is 0.000000256. The molecule has 0 unspecified atom stereocenters. The van der Waals surface area contributed by atoms with E-state index < -0.39 is 86.0 Å². The molecule has 17 nitrogen and oxygen atoms in total. The van der Waals surface area contributed by atoms with Crippen LogP contribution >= 0.6 is 23.2 Å². The van der Waals surface area contributed by atoms with Crippen molar-refractivity contribution in [1.82, 2.24) is 40.0 Å². The molecule has 0 radical (unpaired) electrons. The number of carboxylic acids is 1. The quantitative estimate of drug-likeness (QED) is 0.0757. The number of fused-ring (bicyclic) bond motifs is 2. The second-order valence-electron chi connectivity index (χ2n) is 14.6.